The fourth-order valence-electron chi connectivity index (χ4n) is 6.87. The van der Waals surface area contributed by atoms with Crippen LogP contribution in [0.2, 0.25) is 0 Å². The molecule has 0 fully saturated rings. The normalized spacial score (nSPS) is 12.0. The molecule has 0 aliphatic carbocycles. The van der Waals surface area contributed by atoms with E-state index in [2.05, 4.69) is 150 Å². The van der Waals surface area contributed by atoms with E-state index in [0.717, 1.165) is 27.7 Å². The summed E-state index contributed by atoms with van der Waals surface area (Å²) in [6.45, 7) is 0. The number of thiophene rings is 1. The van der Waals surface area contributed by atoms with Crippen molar-refractivity contribution in [1.29, 1.82) is 0 Å². The zero-order valence-electron chi connectivity index (χ0n) is 24.1. The van der Waals surface area contributed by atoms with E-state index in [0.29, 0.717) is 5.89 Å². The van der Waals surface area contributed by atoms with Gasteiger partial charge in [-0.15, -0.1) is 11.3 Å². The molecule has 3 aromatic heterocycles. The molecule has 10 aromatic rings. The highest BCUT2D eigenvalue weighted by Gasteiger charge is 2.17. The molecule has 0 spiro atoms. The van der Waals surface area contributed by atoms with Gasteiger partial charge in [-0.3, -0.25) is 0 Å². The number of fused-ring (bicyclic) bond motifs is 9. The van der Waals surface area contributed by atoms with Gasteiger partial charge in [0.2, 0.25) is 5.89 Å². The number of para-hydroxylation sites is 1. The number of nitrogens with zero attached hydrogens (tertiary/aromatic N) is 2. The molecule has 0 bridgehead atoms. The Morgan fingerprint density at radius 3 is 2.11 bits per heavy atom. The number of oxazole rings is 1. The summed E-state index contributed by atoms with van der Waals surface area (Å²) < 4.78 is 11.4. The predicted octanol–water partition coefficient (Wildman–Crippen LogP) is 11.8. The molecule has 0 saturated heterocycles. The molecule has 0 saturated carbocycles. The molecule has 0 atom stereocenters. The van der Waals surface area contributed by atoms with Crippen molar-refractivity contribution in [3.8, 4) is 28.3 Å². The van der Waals surface area contributed by atoms with Crippen molar-refractivity contribution < 1.29 is 4.42 Å². The Morgan fingerprint density at radius 2 is 1.24 bits per heavy atom. The van der Waals surface area contributed by atoms with E-state index in [1.807, 2.05) is 0 Å². The topological polar surface area (TPSA) is 31.0 Å². The maximum absolute atomic E-state index is 6.59. The highest BCUT2D eigenvalue weighted by atomic mass is 32.1. The van der Waals surface area contributed by atoms with Gasteiger partial charge in [-0.2, -0.15) is 0 Å². The first-order valence-corrected chi connectivity index (χ1v) is 15.9. The van der Waals surface area contributed by atoms with Crippen LogP contribution in [0.3, 0.4) is 0 Å². The molecular formula is C41H24N2OS. The molecule has 3 nitrogen and oxygen atoms in total. The summed E-state index contributed by atoms with van der Waals surface area (Å²) >= 11 is 1.80. The molecule has 0 N–H and O–H groups in total. The molecule has 0 unspecified atom stereocenters. The molecule has 0 aliphatic heterocycles. The minimum absolute atomic E-state index is 0.635. The van der Waals surface area contributed by atoms with E-state index in [-0.39, 0.29) is 0 Å². The zero-order valence-corrected chi connectivity index (χ0v) is 24.9. The number of rotatable bonds is 3. The molecule has 0 aliphatic rings. The number of benzene rings is 7. The number of hydrogen-bond donors (Lipinski definition) is 0. The molecule has 7 aromatic carbocycles. The minimum Gasteiger partial charge on any atom is -0.435 e. The van der Waals surface area contributed by atoms with E-state index >= 15 is 0 Å². The van der Waals surface area contributed by atoms with Gasteiger partial charge in [-0.25, -0.2) is 4.98 Å². The Hall–Kier alpha value is -5.71. The fraction of sp³-hybridized carbons (Fsp3) is 0. The summed E-state index contributed by atoms with van der Waals surface area (Å²) in [5.41, 5.74) is 8.59. The molecule has 0 amide bonds. The molecule has 10 rings (SSSR count). The third kappa shape index (κ3) is 3.73. The Morgan fingerprint density at radius 1 is 0.511 bits per heavy atom. The minimum atomic E-state index is 0.635. The van der Waals surface area contributed by atoms with Crippen molar-refractivity contribution >= 4 is 75.2 Å². The van der Waals surface area contributed by atoms with Crippen molar-refractivity contribution in [2.24, 2.45) is 0 Å². The van der Waals surface area contributed by atoms with Gasteiger partial charge in [0.1, 0.15) is 5.52 Å². The van der Waals surface area contributed by atoms with Crippen LogP contribution in [0.1, 0.15) is 0 Å². The largest absolute Gasteiger partial charge is 0.435 e. The Bertz CT molecular complexity index is 2750. The summed E-state index contributed by atoms with van der Waals surface area (Å²) in [7, 11) is 0. The average molecular weight is 593 g/mol. The van der Waals surface area contributed by atoms with Gasteiger partial charge in [0.15, 0.2) is 5.58 Å². The second-order valence-corrected chi connectivity index (χ2v) is 12.7. The molecule has 4 heteroatoms. The summed E-state index contributed by atoms with van der Waals surface area (Å²) in [6.07, 6.45) is 0. The van der Waals surface area contributed by atoms with Gasteiger partial charge in [-0.05, 0) is 88.6 Å². The summed E-state index contributed by atoms with van der Waals surface area (Å²) in [5.74, 6) is 0.635. The number of hydrogen-bond acceptors (Lipinski definition) is 3. The highest BCUT2D eigenvalue weighted by molar-refractivity contribution is 7.26. The lowest BCUT2D eigenvalue weighted by molar-refractivity contribution is 0.623. The smallest absolute Gasteiger partial charge is 0.227 e. The van der Waals surface area contributed by atoms with Crippen LogP contribution in [0.5, 0.6) is 0 Å². The first kappa shape index (κ1) is 24.7. The lowest BCUT2D eigenvalue weighted by Crippen LogP contribution is -1.93. The number of aromatic nitrogens is 2. The Labute approximate surface area is 262 Å². The molecule has 210 valence electrons. The van der Waals surface area contributed by atoms with Crippen LogP contribution < -0.4 is 0 Å². The van der Waals surface area contributed by atoms with Crippen molar-refractivity contribution in [2.45, 2.75) is 0 Å². The van der Waals surface area contributed by atoms with E-state index in [1.165, 1.54) is 58.5 Å². The van der Waals surface area contributed by atoms with Crippen LogP contribution in [-0.2, 0) is 0 Å². The molecule has 45 heavy (non-hydrogen) atoms. The molecule has 3 heterocycles. The fourth-order valence-corrected chi connectivity index (χ4v) is 7.95. The average Bonchev–Trinajstić information content (AvgIpc) is 3.79. The van der Waals surface area contributed by atoms with Gasteiger partial charge in [-0.1, -0.05) is 78.9 Å². The first-order valence-electron chi connectivity index (χ1n) is 15.1. The van der Waals surface area contributed by atoms with Crippen LogP contribution in [0.15, 0.2) is 150 Å². The van der Waals surface area contributed by atoms with Crippen LogP contribution in [0.25, 0.3) is 92.1 Å². The van der Waals surface area contributed by atoms with E-state index < -0.39 is 0 Å². The maximum atomic E-state index is 6.59. The first-order chi connectivity index (χ1) is 22.3. The monoisotopic (exact) mass is 592 g/mol. The van der Waals surface area contributed by atoms with Gasteiger partial charge < -0.3 is 8.98 Å². The summed E-state index contributed by atoms with van der Waals surface area (Å²) in [4.78, 5) is 4.96. The predicted molar refractivity (Wildman–Crippen MR) is 190 cm³/mol. The molecule has 0 radical (unpaired) electrons. The van der Waals surface area contributed by atoms with Crippen molar-refractivity contribution in [1.82, 2.24) is 9.55 Å². The lowest BCUT2D eigenvalue weighted by atomic mass is 10.0. The van der Waals surface area contributed by atoms with Gasteiger partial charge >= 0.3 is 0 Å². The Kier molecular flexibility index (Phi) is 5.16. The molecular weight excluding hydrogens is 569 g/mol. The Balaban J connectivity index is 1.11. The third-order valence-electron chi connectivity index (χ3n) is 9.01. The van der Waals surface area contributed by atoms with Crippen LogP contribution >= 0.6 is 11.3 Å². The SMILES string of the molecule is c1ccc(-c2ccc3sc4ccc5nc(-c6ccc(-n7c8ccccc8c8cc9ccccc9cc87)cc6)oc5c4c3c2)cc1. The van der Waals surface area contributed by atoms with Crippen molar-refractivity contribution in [3.05, 3.63) is 146 Å². The van der Waals surface area contributed by atoms with Gasteiger partial charge in [0.05, 0.1) is 11.0 Å². The second-order valence-electron chi connectivity index (χ2n) is 11.6. The second kappa shape index (κ2) is 9.39. The van der Waals surface area contributed by atoms with Gasteiger partial charge in [0, 0.05) is 42.2 Å². The summed E-state index contributed by atoms with van der Waals surface area (Å²) in [5, 5.41) is 7.35. The van der Waals surface area contributed by atoms with Crippen molar-refractivity contribution in [2.75, 3.05) is 0 Å². The van der Waals surface area contributed by atoms with Gasteiger partial charge in [0.25, 0.3) is 0 Å². The van der Waals surface area contributed by atoms with Crippen LogP contribution in [0, 0.1) is 0 Å². The van der Waals surface area contributed by atoms with Crippen molar-refractivity contribution in [3.63, 3.8) is 0 Å². The van der Waals surface area contributed by atoms with Crippen LogP contribution in [-0.4, -0.2) is 9.55 Å². The zero-order chi connectivity index (χ0) is 29.5. The quantitative estimate of drug-likeness (QED) is 0.204. The van der Waals surface area contributed by atoms with E-state index in [1.54, 1.807) is 11.3 Å². The summed E-state index contributed by atoms with van der Waals surface area (Å²) in [6, 6.07) is 51.9. The lowest BCUT2D eigenvalue weighted by Gasteiger charge is -2.09. The highest BCUT2D eigenvalue weighted by Crippen LogP contribution is 2.42. The third-order valence-corrected chi connectivity index (χ3v) is 10.1. The van der Waals surface area contributed by atoms with E-state index in [9.17, 15) is 0 Å². The van der Waals surface area contributed by atoms with Crippen LogP contribution in [0.4, 0.5) is 0 Å². The maximum Gasteiger partial charge on any atom is 0.227 e. The standard InChI is InChI=1S/C41H24N2OS/c1-2-8-25(9-3-1)29-16-20-37-33(23-29)39-38(45-37)21-19-34-40(39)44-41(42-34)26-14-17-30(18-15-26)43-35-13-7-6-12-31(35)32-22-27-10-4-5-11-28(27)24-36(32)43/h1-24H. The van der Waals surface area contributed by atoms with E-state index in [4.69, 9.17) is 9.40 Å².